The number of hydrogen-bond donors (Lipinski definition) is 0. The molecular weight excluding hydrogens is 264 g/mol. The van der Waals surface area contributed by atoms with Crippen molar-refractivity contribution in [2.24, 2.45) is 0 Å². The molecule has 106 valence electrons. The molecule has 0 aliphatic rings. The molecule has 4 heteroatoms. The fourth-order valence-electron chi connectivity index (χ4n) is 2.38. The molecule has 3 aromatic rings. The van der Waals surface area contributed by atoms with Crippen molar-refractivity contribution in [3.63, 3.8) is 0 Å². The average molecular weight is 280 g/mol. The van der Waals surface area contributed by atoms with Gasteiger partial charge in [0.25, 0.3) is 5.91 Å². The molecule has 0 unspecified atom stereocenters. The van der Waals surface area contributed by atoms with E-state index in [4.69, 9.17) is 4.42 Å². The van der Waals surface area contributed by atoms with Gasteiger partial charge in [0.05, 0.1) is 0 Å². The van der Waals surface area contributed by atoms with Crippen LogP contribution in [0.25, 0.3) is 11.1 Å². The summed E-state index contributed by atoms with van der Waals surface area (Å²) >= 11 is 0. The van der Waals surface area contributed by atoms with Gasteiger partial charge in [0.2, 0.25) is 0 Å². The van der Waals surface area contributed by atoms with Gasteiger partial charge in [-0.15, -0.1) is 0 Å². The number of benzene rings is 2. The minimum Gasteiger partial charge on any atom is -0.441 e. The predicted octanol–water partition coefficient (Wildman–Crippen LogP) is 3.80. The van der Waals surface area contributed by atoms with Gasteiger partial charge in [0.15, 0.2) is 11.5 Å². The zero-order chi connectivity index (χ0) is 14.8. The van der Waals surface area contributed by atoms with Crippen molar-refractivity contribution >= 4 is 22.7 Å². The highest BCUT2D eigenvalue weighted by molar-refractivity contribution is 6.07. The molecule has 0 atom stereocenters. The first-order valence-electron chi connectivity index (χ1n) is 6.93. The van der Waals surface area contributed by atoms with Gasteiger partial charge in [-0.3, -0.25) is 4.79 Å². The number of carbonyl (C=O) groups excluding carboxylic acids is 1. The molecule has 4 nitrogen and oxygen atoms in total. The largest absolute Gasteiger partial charge is 0.441 e. The molecule has 2 aromatic carbocycles. The standard InChI is InChI=1S/C17H16N2O2/c1-3-19(14-7-5-4-6-8-14)17(20)13-9-10-16-15(11-13)18-12(2)21-16/h4-11H,3H2,1-2H3. The van der Waals surface area contributed by atoms with E-state index in [9.17, 15) is 4.79 Å². The van der Waals surface area contributed by atoms with Crippen molar-refractivity contribution in [1.29, 1.82) is 0 Å². The van der Waals surface area contributed by atoms with Crippen LogP contribution in [0.4, 0.5) is 5.69 Å². The molecule has 1 heterocycles. The monoisotopic (exact) mass is 280 g/mol. The van der Waals surface area contributed by atoms with Crippen molar-refractivity contribution in [1.82, 2.24) is 4.98 Å². The second-order valence-electron chi connectivity index (χ2n) is 4.80. The van der Waals surface area contributed by atoms with Crippen molar-refractivity contribution in [3.05, 3.63) is 60.0 Å². The molecule has 3 rings (SSSR count). The van der Waals surface area contributed by atoms with E-state index in [1.807, 2.05) is 37.3 Å². The van der Waals surface area contributed by atoms with Crippen LogP contribution in [0.2, 0.25) is 0 Å². The molecule has 0 bridgehead atoms. The number of anilines is 1. The Morgan fingerprint density at radius 1 is 1.19 bits per heavy atom. The van der Waals surface area contributed by atoms with Gasteiger partial charge in [-0.25, -0.2) is 4.98 Å². The minimum absolute atomic E-state index is 0.0359. The summed E-state index contributed by atoms with van der Waals surface area (Å²) in [5.41, 5.74) is 2.91. The van der Waals surface area contributed by atoms with Crippen LogP contribution >= 0.6 is 0 Å². The highest BCUT2D eigenvalue weighted by atomic mass is 16.3. The summed E-state index contributed by atoms with van der Waals surface area (Å²) in [5.74, 6) is 0.566. The average Bonchev–Trinajstić information content (AvgIpc) is 2.88. The molecule has 0 fully saturated rings. The van der Waals surface area contributed by atoms with Crippen molar-refractivity contribution < 1.29 is 9.21 Å². The van der Waals surface area contributed by atoms with E-state index in [2.05, 4.69) is 4.98 Å². The molecule has 1 amide bonds. The maximum absolute atomic E-state index is 12.7. The third kappa shape index (κ3) is 2.52. The molecule has 0 saturated heterocycles. The number of hydrogen-bond acceptors (Lipinski definition) is 3. The van der Waals surface area contributed by atoms with Crippen LogP contribution < -0.4 is 4.90 Å². The van der Waals surface area contributed by atoms with Crippen molar-refractivity contribution in [2.45, 2.75) is 13.8 Å². The fraction of sp³-hybridized carbons (Fsp3) is 0.176. The van der Waals surface area contributed by atoms with Crippen LogP contribution in [0.1, 0.15) is 23.2 Å². The first-order chi connectivity index (χ1) is 10.2. The summed E-state index contributed by atoms with van der Waals surface area (Å²) in [5, 5.41) is 0. The molecule has 0 aliphatic heterocycles. The number of nitrogens with zero attached hydrogens (tertiary/aromatic N) is 2. The van der Waals surface area contributed by atoms with Crippen LogP contribution in [-0.4, -0.2) is 17.4 Å². The maximum atomic E-state index is 12.7. The highest BCUT2D eigenvalue weighted by Crippen LogP contribution is 2.20. The number of carbonyl (C=O) groups is 1. The van der Waals surface area contributed by atoms with Gasteiger partial charge in [0, 0.05) is 24.7 Å². The Bertz CT molecular complexity index is 778. The number of fused-ring (bicyclic) bond motifs is 1. The zero-order valence-electron chi connectivity index (χ0n) is 12.0. The van der Waals surface area contributed by atoms with Crippen LogP contribution in [0.5, 0.6) is 0 Å². The van der Waals surface area contributed by atoms with Crippen LogP contribution in [0.15, 0.2) is 52.9 Å². The summed E-state index contributed by atoms with van der Waals surface area (Å²) in [7, 11) is 0. The molecule has 0 N–H and O–H groups in total. The minimum atomic E-state index is -0.0359. The molecule has 0 spiro atoms. The lowest BCUT2D eigenvalue weighted by Gasteiger charge is -2.21. The van der Waals surface area contributed by atoms with Gasteiger partial charge in [-0.2, -0.15) is 0 Å². The molecule has 0 saturated carbocycles. The Balaban J connectivity index is 1.98. The smallest absolute Gasteiger partial charge is 0.258 e. The van der Waals surface area contributed by atoms with Crippen LogP contribution in [0, 0.1) is 6.92 Å². The number of rotatable bonds is 3. The number of oxazole rings is 1. The fourth-order valence-corrected chi connectivity index (χ4v) is 2.38. The van der Waals surface area contributed by atoms with E-state index in [0.29, 0.717) is 29.1 Å². The lowest BCUT2D eigenvalue weighted by atomic mass is 10.1. The number of aromatic nitrogens is 1. The maximum Gasteiger partial charge on any atom is 0.258 e. The lowest BCUT2D eigenvalue weighted by molar-refractivity contribution is 0.0988. The molecule has 21 heavy (non-hydrogen) atoms. The Hall–Kier alpha value is -2.62. The Labute approximate surface area is 123 Å². The van der Waals surface area contributed by atoms with Crippen LogP contribution in [-0.2, 0) is 0 Å². The van der Waals surface area contributed by atoms with E-state index in [1.54, 1.807) is 30.0 Å². The van der Waals surface area contributed by atoms with Crippen LogP contribution in [0.3, 0.4) is 0 Å². The van der Waals surface area contributed by atoms with Gasteiger partial charge in [-0.1, -0.05) is 18.2 Å². The topological polar surface area (TPSA) is 46.3 Å². The Morgan fingerprint density at radius 3 is 2.67 bits per heavy atom. The second kappa shape index (κ2) is 5.40. The lowest BCUT2D eigenvalue weighted by Crippen LogP contribution is -2.30. The van der Waals surface area contributed by atoms with E-state index in [0.717, 1.165) is 5.69 Å². The summed E-state index contributed by atoms with van der Waals surface area (Å²) < 4.78 is 5.44. The summed E-state index contributed by atoms with van der Waals surface area (Å²) in [6.45, 7) is 4.37. The van der Waals surface area contributed by atoms with E-state index < -0.39 is 0 Å². The summed E-state index contributed by atoms with van der Waals surface area (Å²) in [6, 6.07) is 15.0. The number of aryl methyl sites for hydroxylation is 1. The van der Waals surface area contributed by atoms with Gasteiger partial charge in [0.1, 0.15) is 5.52 Å². The predicted molar refractivity (Wildman–Crippen MR) is 82.5 cm³/mol. The van der Waals surface area contributed by atoms with Gasteiger partial charge < -0.3 is 9.32 Å². The van der Waals surface area contributed by atoms with Crippen molar-refractivity contribution in [2.75, 3.05) is 11.4 Å². The summed E-state index contributed by atoms with van der Waals surface area (Å²) in [4.78, 5) is 18.7. The molecule has 0 aliphatic carbocycles. The number of amides is 1. The molecular formula is C17H16N2O2. The van der Waals surface area contributed by atoms with Crippen molar-refractivity contribution in [3.8, 4) is 0 Å². The van der Waals surface area contributed by atoms with E-state index in [-0.39, 0.29) is 5.91 Å². The highest BCUT2D eigenvalue weighted by Gasteiger charge is 2.17. The Morgan fingerprint density at radius 2 is 1.95 bits per heavy atom. The zero-order valence-corrected chi connectivity index (χ0v) is 12.0. The SMILES string of the molecule is CCN(C(=O)c1ccc2oc(C)nc2c1)c1ccccc1. The normalized spacial score (nSPS) is 10.8. The third-order valence-electron chi connectivity index (χ3n) is 3.37. The Kier molecular flexibility index (Phi) is 3.44. The second-order valence-corrected chi connectivity index (χ2v) is 4.80. The third-order valence-corrected chi connectivity index (χ3v) is 3.37. The quantitative estimate of drug-likeness (QED) is 0.733. The first kappa shape index (κ1) is 13.4. The van der Waals surface area contributed by atoms with Gasteiger partial charge >= 0.3 is 0 Å². The molecule has 1 aromatic heterocycles. The van der Waals surface area contributed by atoms with E-state index >= 15 is 0 Å². The van der Waals surface area contributed by atoms with E-state index in [1.165, 1.54) is 0 Å². The van der Waals surface area contributed by atoms with Gasteiger partial charge in [-0.05, 0) is 37.3 Å². The number of para-hydroxylation sites is 1. The molecule has 0 radical (unpaired) electrons. The summed E-state index contributed by atoms with van der Waals surface area (Å²) in [6.07, 6.45) is 0. The first-order valence-corrected chi connectivity index (χ1v) is 6.93.